The molecule has 3 heteroatoms. The SMILES string of the molecule is CCc1nc2cc(C3(N)CC3)ccn2c1C. The maximum absolute atomic E-state index is 6.20. The lowest BCUT2D eigenvalue weighted by molar-refractivity contribution is 0.738. The predicted octanol–water partition coefficient (Wildman–Crippen LogP) is 2.15. The van der Waals surface area contributed by atoms with Crippen molar-refractivity contribution in [3.05, 3.63) is 35.3 Å². The normalized spacial score (nSPS) is 17.9. The molecule has 0 bridgehead atoms. The van der Waals surface area contributed by atoms with Crippen LogP contribution in [0.1, 0.15) is 36.7 Å². The molecule has 0 unspecified atom stereocenters. The highest BCUT2D eigenvalue weighted by molar-refractivity contribution is 5.48. The summed E-state index contributed by atoms with van der Waals surface area (Å²) in [5.74, 6) is 0. The van der Waals surface area contributed by atoms with E-state index < -0.39 is 0 Å². The molecule has 3 nitrogen and oxygen atoms in total. The third-order valence-corrected chi connectivity index (χ3v) is 3.66. The van der Waals surface area contributed by atoms with Gasteiger partial charge in [0.15, 0.2) is 0 Å². The lowest BCUT2D eigenvalue weighted by Crippen LogP contribution is -2.18. The molecule has 16 heavy (non-hydrogen) atoms. The number of pyridine rings is 1. The quantitative estimate of drug-likeness (QED) is 0.834. The fourth-order valence-corrected chi connectivity index (χ4v) is 2.28. The Labute approximate surface area is 95.3 Å². The largest absolute Gasteiger partial charge is 0.321 e. The zero-order valence-corrected chi connectivity index (χ0v) is 9.83. The van der Waals surface area contributed by atoms with Crippen LogP contribution in [0.15, 0.2) is 18.3 Å². The van der Waals surface area contributed by atoms with Crippen molar-refractivity contribution in [2.75, 3.05) is 0 Å². The summed E-state index contributed by atoms with van der Waals surface area (Å²) in [7, 11) is 0. The molecule has 0 aromatic carbocycles. The second kappa shape index (κ2) is 3.08. The van der Waals surface area contributed by atoms with Crippen molar-refractivity contribution in [2.24, 2.45) is 5.73 Å². The van der Waals surface area contributed by atoms with Gasteiger partial charge in [-0.2, -0.15) is 0 Å². The second-order valence-corrected chi connectivity index (χ2v) is 4.80. The van der Waals surface area contributed by atoms with Crippen LogP contribution in [0, 0.1) is 6.92 Å². The molecule has 1 saturated carbocycles. The zero-order valence-electron chi connectivity index (χ0n) is 9.83. The molecule has 3 rings (SSSR count). The van der Waals surface area contributed by atoms with E-state index in [0.29, 0.717) is 0 Å². The first-order valence-electron chi connectivity index (χ1n) is 5.91. The molecule has 1 aliphatic rings. The van der Waals surface area contributed by atoms with Crippen LogP contribution in [-0.4, -0.2) is 9.38 Å². The van der Waals surface area contributed by atoms with Gasteiger partial charge in [0.25, 0.3) is 0 Å². The minimum atomic E-state index is -0.0615. The van der Waals surface area contributed by atoms with Gasteiger partial charge in [0.2, 0.25) is 0 Å². The van der Waals surface area contributed by atoms with Crippen molar-refractivity contribution in [3.63, 3.8) is 0 Å². The molecule has 0 amide bonds. The molecule has 2 aromatic rings. The highest BCUT2D eigenvalue weighted by Gasteiger charge is 2.40. The minimum Gasteiger partial charge on any atom is -0.321 e. The fourth-order valence-electron chi connectivity index (χ4n) is 2.28. The molecular weight excluding hydrogens is 198 g/mol. The zero-order chi connectivity index (χ0) is 11.3. The Hall–Kier alpha value is -1.35. The van der Waals surface area contributed by atoms with Gasteiger partial charge in [-0.3, -0.25) is 0 Å². The first-order chi connectivity index (χ1) is 7.64. The van der Waals surface area contributed by atoms with Crippen LogP contribution in [0.3, 0.4) is 0 Å². The molecule has 84 valence electrons. The van der Waals surface area contributed by atoms with E-state index in [9.17, 15) is 0 Å². The summed E-state index contributed by atoms with van der Waals surface area (Å²) in [5, 5.41) is 0. The lowest BCUT2D eigenvalue weighted by atomic mass is 10.1. The van der Waals surface area contributed by atoms with Gasteiger partial charge >= 0.3 is 0 Å². The standard InChI is InChI=1S/C13H17N3/c1-3-11-9(2)16-7-4-10(8-12(16)15-11)13(14)5-6-13/h4,7-8H,3,5-6,14H2,1-2H3. The van der Waals surface area contributed by atoms with Crippen LogP contribution in [0.5, 0.6) is 0 Å². The average molecular weight is 215 g/mol. The number of nitrogens with two attached hydrogens (primary N) is 1. The summed E-state index contributed by atoms with van der Waals surface area (Å²) in [6.45, 7) is 4.26. The number of hydrogen-bond acceptors (Lipinski definition) is 2. The molecular formula is C13H17N3. The van der Waals surface area contributed by atoms with Crippen molar-refractivity contribution in [3.8, 4) is 0 Å². The van der Waals surface area contributed by atoms with Gasteiger partial charge in [-0.05, 0) is 43.9 Å². The van der Waals surface area contributed by atoms with Crippen LogP contribution in [-0.2, 0) is 12.0 Å². The van der Waals surface area contributed by atoms with Crippen LogP contribution in [0.2, 0.25) is 0 Å². The van der Waals surface area contributed by atoms with Gasteiger partial charge in [-0.15, -0.1) is 0 Å². The van der Waals surface area contributed by atoms with E-state index in [1.165, 1.54) is 17.0 Å². The summed E-state index contributed by atoms with van der Waals surface area (Å²) in [5.41, 5.74) is 10.8. The summed E-state index contributed by atoms with van der Waals surface area (Å²) in [6, 6.07) is 4.27. The topological polar surface area (TPSA) is 43.3 Å². The van der Waals surface area contributed by atoms with Crippen LogP contribution in [0.25, 0.3) is 5.65 Å². The molecule has 0 radical (unpaired) electrons. The van der Waals surface area contributed by atoms with E-state index in [1.54, 1.807) is 0 Å². The third-order valence-electron chi connectivity index (χ3n) is 3.66. The van der Waals surface area contributed by atoms with Gasteiger partial charge in [-0.25, -0.2) is 4.98 Å². The Kier molecular flexibility index (Phi) is 1.89. The Bertz CT molecular complexity index is 550. The first-order valence-corrected chi connectivity index (χ1v) is 5.91. The molecule has 1 fully saturated rings. The van der Waals surface area contributed by atoms with Gasteiger partial charge < -0.3 is 10.1 Å². The van der Waals surface area contributed by atoms with Crippen molar-refractivity contribution in [1.29, 1.82) is 0 Å². The number of nitrogens with zero attached hydrogens (tertiary/aromatic N) is 2. The Morgan fingerprint density at radius 1 is 1.50 bits per heavy atom. The van der Waals surface area contributed by atoms with E-state index in [4.69, 9.17) is 5.73 Å². The number of rotatable bonds is 2. The number of aromatic nitrogens is 2. The summed E-state index contributed by atoms with van der Waals surface area (Å²) < 4.78 is 2.15. The summed E-state index contributed by atoms with van der Waals surface area (Å²) >= 11 is 0. The molecule has 2 heterocycles. The molecule has 0 spiro atoms. The third kappa shape index (κ3) is 1.28. The smallest absolute Gasteiger partial charge is 0.137 e. The number of hydrogen-bond donors (Lipinski definition) is 1. The van der Waals surface area contributed by atoms with Crippen molar-refractivity contribution >= 4 is 5.65 Å². The van der Waals surface area contributed by atoms with E-state index in [2.05, 4.69) is 41.6 Å². The molecule has 0 saturated heterocycles. The van der Waals surface area contributed by atoms with Crippen LogP contribution >= 0.6 is 0 Å². The highest BCUT2D eigenvalue weighted by atomic mass is 15.0. The van der Waals surface area contributed by atoms with Gasteiger partial charge in [0, 0.05) is 17.4 Å². The summed E-state index contributed by atoms with van der Waals surface area (Å²) in [6.07, 6.45) is 5.28. The lowest BCUT2D eigenvalue weighted by Gasteiger charge is -2.08. The number of fused-ring (bicyclic) bond motifs is 1. The minimum absolute atomic E-state index is 0.0615. The summed E-state index contributed by atoms with van der Waals surface area (Å²) in [4.78, 5) is 4.64. The Morgan fingerprint density at radius 2 is 2.25 bits per heavy atom. The maximum Gasteiger partial charge on any atom is 0.137 e. The van der Waals surface area contributed by atoms with Crippen molar-refractivity contribution in [2.45, 2.75) is 38.6 Å². The van der Waals surface area contributed by atoms with E-state index >= 15 is 0 Å². The number of aryl methyl sites for hydroxylation is 2. The Morgan fingerprint density at radius 3 is 2.88 bits per heavy atom. The van der Waals surface area contributed by atoms with E-state index in [0.717, 1.165) is 24.9 Å². The molecule has 2 aromatic heterocycles. The second-order valence-electron chi connectivity index (χ2n) is 4.80. The average Bonchev–Trinajstić information content (AvgIpc) is 2.96. The molecule has 0 atom stereocenters. The molecule has 2 N–H and O–H groups in total. The maximum atomic E-state index is 6.20. The molecule has 1 aliphatic carbocycles. The van der Waals surface area contributed by atoms with Crippen molar-refractivity contribution < 1.29 is 0 Å². The van der Waals surface area contributed by atoms with E-state index in [-0.39, 0.29) is 5.54 Å². The predicted molar refractivity (Wildman–Crippen MR) is 64.4 cm³/mol. The molecule has 0 aliphatic heterocycles. The highest BCUT2D eigenvalue weighted by Crippen LogP contribution is 2.42. The van der Waals surface area contributed by atoms with Gasteiger partial charge in [-0.1, -0.05) is 6.92 Å². The number of imidazole rings is 1. The fraction of sp³-hybridized carbons (Fsp3) is 0.462. The Balaban J connectivity index is 2.18. The van der Waals surface area contributed by atoms with Gasteiger partial charge in [0.1, 0.15) is 5.65 Å². The van der Waals surface area contributed by atoms with E-state index in [1.807, 2.05) is 0 Å². The van der Waals surface area contributed by atoms with Gasteiger partial charge in [0.05, 0.1) is 5.69 Å². The van der Waals surface area contributed by atoms with Crippen LogP contribution in [0.4, 0.5) is 0 Å². The monoisotopic (exact) mass is 215 g/mol. The van der Waals surface area contributed by atoms with Crippen LogP contribution < -0.4 is 5.73 Å². The van der Waals surface area contributed by atoms with Crippen molar-refractivity contribution in [1.82, 2.24) is 9.38 Å². The first kappa shape index (κ1) is 9.85.